The zero-order chi connectivity index (χ0) is 13.8. The summed E-state index contributed by atoms with van der Waals surface area (Å²) in [7, 11) is -3.69. The first-order chi connectivity index (χ1) is 8.38. The Balaban J connectivity index is 2.99. The fraction of sp³-hybridized carbons (Fsp3) is 0.400. The topological polar surface area (TPSA) is 110 Å². The average molecular weight is 274 g/mol. The molecule has 0 aliphatic heterocycles. The predicted molar refractivity (Wildman–Crippen MR) is 64.7 cm³/mol. The number of aryl methyl sites for hydroxylation is 1. The summed E-state index contributed by atoms with van der Waals surface area (Å²) < 4.78 is 26.0. The van der Waals surface area contributed by atoms with Gasteiger partial charge in [0, 0.05) is 25.3 Å². The van der Waals surface area contributed by atoms with E-state index >= 15 is 0 Å². The maximum atomic E-state index is 11.8. The van der Waals surface area contributed by atoms with Crippen LogP contribution in [-0.4, -0.2) is 31.6 Å². The van der Waals surface area contributed by atoms with Gasteiger partial charge < -0.3 is 5.11 Å². The highest BCUT2D eigenvalue weighted by molar-refractivity contribution is 7.89. The van der Waals surface area contributed by atoms with E-state index < -0.39 is 14.9 Å². The minimum atomic E-state index is -3.69. The van der Waals surface area contributed by atoms with Gasteiger partial charge in [-0.05, 0) is 25.0 Å². The predicted octanol–water partition coefficient (Wildman–Crippen LogP) is 0.564. The first kappa shape index (κ1) is 14.6. The van der Waals surface area contributed by atoms with Crippen LogP contribution in [0, 0.1) is 17.0 Å². The summed E-state index contributed by atoms with van der Waals surface area (Å²) in [5.41, 5.74) is 0.155. The molecule has 0 heterocycles. The Morgan fingerprint density at radius 1 is 1.44 bits per heavy atom. The van der Waals surface area contributed by atoms with Crippen LogP contribution < -0.4 is 4.72 Å². The third kappa shape index (κ3) is 3.49. The zero-order valence-electron chi connectivity index (χ0n) is 9.79. The number of sulfonamides is 1. The number of rotatable bonds is 6. The molecular weight excluding hydrogens is 260 g/mol. The third-order valence-corrected chi connectivity index (χ3v) is 3.91. The van der Waals surface area contributed by atoms with E-state index in [0.29, 0.717) is 12.0 Å². The van der Waals surface area contributed by atoms with Gasteiger partial charge in [-0.15, -0.1) is 0 Å². The maximum absolute atomic E-state index is 11.8. The fourth-order valence-corrected chi connectivity index (χ4v) is 2.71. The van der Waals surface area contributed by atoms with Gasteiger partial charge >= 0.3 is 0 Å². The van der Waals surface area contributed by atoms with Crippen LogP contribution in [0.3, 0.4) is 0 Å². The van der Waals surface area contributed by atoms with Crippen LogP contribution in [0.4, 0.5) is 5.69 Å². The Bertz CT molecular complexity index is 541. The molecule has 0 bridgehead atoms. The molecule has 0 spiro atoms. The van der Waals surface area contributed by atoms with Crippen LogP contribution in [0.15, 0.2) is 23.1 Å². The van der Waals surface area contributed by atoms with Crippen molar-refractivity contribution in [3.63, 3.8) is 0 Å². The molecule has 0 saturated carbocycles. The second-order valence-corrected chi connectivity index (χ2v) is 5.42. The first-order valence-electron chi connectivity index (χ1n) is 5.24. The molecule has 0 radical (unpaired) electrons. The number of aliphatic hydroxyl groups excluding tert-OH is 1. The lowest BCUT2D eigenvalue weighted by Gasteiger charge is -2.08. The summed E-state index contributed by atoms with van der Waals surface area (Å²) in [5, 5.41) is 19.1. The van der Waals surface area contributed by atoms with Gasteiger partial charge in [0.1, 0.15) is 0 Å². The number of nitro benzene ring substituents is 1. The molecule has 0 unspecified atom stereocenters. The SMILES string of the molecule is Cc1cc([N+](=O)[O-])ccc1S(=O)(=O)NCCCO. The molecule has 8 heteroatoms. The fourth-order valence-electron chi connectivity index (χ4n) is 1.41. The van der Waals surface area contributed by atoms with Crippen molar-refractivity contribution in [1.82, 2.24) is 4.72 Å². The van der Waals surface area contributed by atoms with E-state index in [1.165, 1.54) is 19.1 Å². The van der Waals surface area contributed by atoms with Gasteiger partial charge in [-0.25, -0.2) is 13.1 Å². The standard InChI is InChI=1S/C10H14N2O5S/c1-8-7-9(12(14)15)3-4-10(8)18(16,17)11-5-2-6-13/h3-4,7,11,13H,2,5-6H2,1H3. The highest BCUT2D eigenvalue weighted by Gasteiger charge is 2.18. The third-order valence-electron chi connectivity index (χ3n) is 2.29. The summed E-state index contributed by atoms with van der Waals surface area (Å²) in [4.78, 5) is 9.96. The molecule has 2 N–H and O–H groups in total. The molecule has 0 aliphatic rings. The van der Waals surface area contributed by atoms with E-state index in [0.717, 1.165) is 6.07 Å². The van der Waals surface area contributed by atoms with Gasteiger partial charge in [-0.3, -0.25) is 10.1 Å². The summed E-state index contributed by atoms with van der Waals surface area (Å²) >= 11 is 0. The Morgan fingerprint density at radius 3 is 2.61 bits per heavy atom. The van der Waals surface area contributed by atoms with Gasteiger partial charge in [0.2, 0.25) is 10.0 Å². The average Bonchev–Trinajstić information content (AvgIpc) is 2.28. The Morgan fingerprint density at radius 2 is 2.11 bits per heavy atom. The number of non-ortho nitro benzene ring substituents is 1. The summed E-state index contributed by atoms with van der Waals surface area (Å²) in [5.74, 6) is 0. The van der Waals surface area contributed by atoms with E-state index in [1.54, 1.807) is 0 Å². The van der Waals surface area contributed by atoms with Crippen molar-refractivity contribution < 1.29 is 18.4 Å². The van der Waals surface area contributed by atoms with Crippen molar-refractivity contribution >= 4 is 15.7 Å². The van der Waals surface area contributed by atoms with Gasteiger partial charge in [0.05, 0.1) is 9.82 Å². The minimum absolute atomic E-state index is 0.00559. The Kier molecular flexibility index (Phi) is 4.76. The number of hydrogen-bond acceptors (Lipinski definition) is 5. The normalized spacial score (nSPS) is 11.4. The minimum Gasteiger partial charge on any atom is -0.396 e. The van der Waals surface area contributed by atoms with E-state index in [-0.39, 0.29) is 23.7 Å². The van der Waals surface area contributed by atoms with E-state index in [4.69, 9.17) is 5.11 Å². The molecule has 1 aromatic carbocycles. The summed E-state index contributed by atoms with van der Waals surface area (Å²) in [6.45, 7) is 1.50. The highest BCUT2D eigenvalue weighted by Crippen LogP contribution is 2.20. The summed E-state index contributed by atoms with van der Waals surface area (Å²) in [6.07, 6.45) is 0.311. The number of nitrogens with one attached hydrogen (secondary N) is 1. The van der Waals surface area contributed by atoms with Crippen molar-refractivity contribution in [2.45, 2.75) is 18.2 Å². The van der Waals surface area contributed by atoms with Crippen LogP contribution in [0.1, 0.15) is 12.0 Å². The van der Waals surface area contributed by atoms with Crippen LogP contribution in [0.25, 0.3) is 0 Å². The van der Waals surface area contributed by atoms with Crippen molar-refractivity contribution in [3.05, 3.63) is 33.9 Å². The molecule has 100 valence electrons. The molecule has 0 aliphatic carbocycles. The Labute approximate surface area is 105 Å². The molecule has 7 nitrogen and oxygen atoms in total. The summed E-state index contributed by atoms with van der Waals surface area (Å²) in [6, 6.07) is 3.56. The molecule has 0 atom stereocenters. The molecule has 1 aromatic rings. The second kappa shape index (κ2) is 5.89. The Hall–Kier alpha value is -1.51. The van der Waals surface area contributed by atoms with Crippen molar-refractivity contribution in [1.29, 1.82) is 0 Å². The maximum Gasteiger partial charge on any atom is 0.269 e. The van der Waals surface area contributed by atoms with Gasteiger partial charge in [-0.1, -0.05) is 0 Å². The largest absolute Gasteiger partial charge is 0.396 e. The number of nitro groups is 1. The van der Waals surface area contributed by atoms with Gasteiger partial charge in [0.25, 0.3) is 5.69 Å². The van der Waals surface area contributed by atoms with Crippen molar-refractivity contribution in [2.75, 3.05) is 13.2 Å². The van der Waals surface area contributed by atoms with Crippen molar-refractivity contribution in [2.24, 2.45) is 0 Å². The van der Waals surface area contributed by atoms with Crippen LogP contribution in [0.2, 0.25) is 0 Å². The van der Waals surface area contributed by atoms with Crippen LogP contribution >= 0.6 is 0 Å². The molecule has 0 fully saturated rings. The lowest BCUT2D eigenvalue weighted by molar-refractivity contribution is -0.385. The van der Waals surface area contributed by atoms with Crippen LogP contribution in [0.5, 0.6) is 0 Å². The molecule has 18 heavy (non-hydrogen) atoms. The number of benzene rings is 1. The molecular formula is C10H14N2O5S. The van der Waals surface area contributed by atoms with Gasteiger partial charge in [-0.2, -0.15) is 0 Å². The van der Waals surface area contributed by atoms with E-state index in [1.807, 2.05) is 0 Å². The lowest BCUT2D eigenvalue weighted by Crippen LogP contribution is -2.26. The van der Waals surface area contributed by atoms with E-state index in [9.17, 15) is 18.5 Å². The number of aliphatic hydroxyl groups is 1. The molecule has 0 amide bonds. The van der Waals surface area contributed by atoms with Crippen molar-refractivity contribution in [3.8, 4) is 0 Å². The van der Waals surface area contributed by atoms with E-state index in [2.05, 4.69) is 4.72 Å². The highest BCUT2D eigenvalue weighted by atomic mass is 32.2. The smallest absolute Gasteiger partial charge is 0.269 e. The second-order valence-electron chi connectivity index (χ2n) is 3.68. The molecule has 1 rings (SSSR count). The van der Waals surface area contributed by atoms with Crippen LogP contribution in [-0.2, 0) is 10.0 Å². The van der Waals surface area contributed by atoms with Gasteiger partial charge in [0.15, 0.2) is 0 Å². The lowest BCUT2D eigenvalue weighted by atomic mass is 10.2. The molecule has 0 aromatic heterocycles. The first-order valence-corrected chi connectivity index (χ1v) is 6.72. The quantitative estimate of drug-likeness (QED) is 0.447. The monoisotopic (exact) mass is 274 g/mol. The zero-order valence-corrected chi connectivity index (χ0v) is 10.6. The number of nitrogens with zero attached hydrogens (tertiary/aromatic N) is 1. The number of hydrogen-bond donors (Lipinski definition) is 2. The molecule has 0 saturated heterocycles.